The molecule has 2 saturated carbocycles. The summed E-state index contributed by atoms with van der Waals surface area (Å²) in [6.45, 7) is 2.29. The number of carboxylic acid groups (broad SMARTS) is 1. The van der Waals surface area contributed by atoms with E-state index in [9.17, 15) is 9.59 Å². The van der Waals surface area contributed by atoms with Crippen LogP contribution in [0.15, 0.2) is 0 Å². The van der Waals surface area contributed by atoms with E-state index >= 15 is 0 Å². The second-order valence-electron chi connectivity index (χ2n) is 5.74. The molecule has 4 atom stereocenters. The molecule has 2 rings (SSSR count). The molecule has 0 amide bonds. The normalized spacial score (nSPS) is 34.3. The first kappa shape index (κ1) is 13.4. The zero-order valence-corrected chi connectivity index (χ0v) is 10.9. The lowest BCUT2D eigenvalue weighted by molar-refractivity contribution is -0.151. The summed E-state index contributed by atoms with van der Waals surface area (Å²) in [5.41, 5.74) is 0. The Morgan fingerprint density at radius 1 is 1.11 bits per heavy atom. The van der Waals surface area contributed by atoms with Gasteiger partial charge in [0.25, 0.3) is 0 Å². The monoisotopic (exact) mass is 254 g/mol. The average molecular weight is 254 g/mol. The van der Waals surface area contributed by atoms with Crippen molar-refractivity contribution < 1.29 is 19.4 Å². The number of ether oxygens (including phenoxy) is 1. The molecule has 0 bridgehead atoms. The number of esters is 1. The number of fused-ring (bicyclic) bond motifs is 1. The van der Waals surface area contributed by atoms with Crippen molar-refractivity contribution >= 4 is 11.9 Å². The van der Waals surface area contributed by atoms with Crippen LogP contribution in [0.1, 0.15) is 51.9 Å². The van der Waals surface area contributed by atoms with Crippen molar-refractivity contribution in [3.63, 3.8) is 0 Å². The largest absolute Gasteiger partial charge is 0.481 e. The van der Waals surface area contributed by atoms with Crippen LogP contribution in [0.4, 0.5) is 0 Å². The summed E-state index contributed by atoms with van der Waals surface area (Å²) in [5.74, 6) is 0.991. The Bertz CT molecular complexity index is 326. The van der Waals surface area contributed by atoms with Gasteiger partial charge in [-0.25, -0.2) is 0 Å². The SMILES string of the molecule is C[C@H]1CC[C@H]2[C@@H]1CC[C@H]2OC(=O)CCCC(=O)O. The third-order valence-electron chi connectivity index (χ3n) is 4.55. The summed E-state index contributed by atoms with van der Waals surface area (Å²) in [6, 6.07) is 0. The van der Waals surface area contributed by atoms with E-state index in [1.54, 1.807) is 0 Å². The van der Waals surface area contributed by atoms with Gasteiger partial charge >= 0.3 is 11.9 Å². The van der Waals surface area contributed by atoms with Crippen LogP contribution < -0.4 is 0 Å². The standard InChI is InChI=1S/C14H22O4/c1-9-5-6-11-10(9)7-8-12(11)18-14(17)4-2-3-13(15)16/h9-12H,2-8H2,1H3,(H,15,16)/t9-,10+,11-,12+/m0/s1. The van der Waals surface area contributed by atoms with E-state index in [4.69, 9.17) is 9.84 Å². The van der Waals surface area contributed by atoms with E-state index < -0.39 is 5.97 Å². The molecule has 2 aliphatic rings. The van der Waals surface area contributed by atoms with Crippen molar-refractivity contribution in [3.05, 3.63) is 0 Å². The van der Waals surface area contributed by atoms with E-state index in [1.807, 2.05) is 0 Å². The van der Waals surface area contributed by atoms with Crippen LogP contribution in [0.3, 0.4) is 0 Å². The predicted molar refractivity (Wildman–Crippen MR) is 66.0 cm³/mol. The van der Waals surface area contributed by atoms with Crippen LogP contribution in [-0.4, -0.2) is 23.1 Å². The molecule has 18 heavy (non-hydrogen) atoms. The molecule has 1 N–H and O–H groups in total. The Hall–Kier alpha value is -1.06. The fourth-order valence-electron chi connectivity index (χ4n) is 3.59. The molecule has 0 spiro atoms. The molecular formula is C14H22O4. The maximum absolute atomic E-state index is 11.6. The zero-order chi connectivity index (χ0) is 13.1. The molecule has 2 aliphatic carbocycles. The van der Waals surface area contributed by atoms with Crippen molar-refractivity contribution in [3.8, 4) is 0 Å². The van der Waals surface area contributed by atoms with E-state index in [0.29, 0.717) is 12.3 Å². The number of hydrogen-bond donors (Lipinski definition) is 1. The van der Waals surface area contributed by atoms with Crippen LogP contribution >= 0.6 is 0 Å². The summed E-state index contributed by atoms with van der Waals surface area (Å²) >= 11 is 0. The number of aliphatic carboxylic acids is 1. The van der Waals surface area contributed by atoms with Gasteiger partial charge in [0.15, 0.2) is 0 Å². The van der Waals surface area contributed by atoms with Gasteiger partial charge in [0.2, 0.25) is 0 Å². The third kappa shape index (κ3) is 3.03. The van der Waals surface area contributed by atoms with Crippen LogP contribution in [0.25, 0.3) is 0 Å². The molecule has 0 heterocycles. The molecule has 0 saturated heterocycles. The number of hydrogen-bond acceptors (Lipinski definition) is 3. The fourth-order valence-corrected chi connectivity index (χ4v) is 3.59. The van der Waals surface area contributed by atoms with E-state index in [0.717, 1.165) is 18.3 Å². The number of rotatable bonds is 5. The lowest BCUT2D eigenvalue weighted by Crippen LogP contribution is -2.23. The Morgan fingerprint density at radius 3 is 2.56 bits per heavy atom. The van der Waals surface area contributed by atoms with Gasteiger partial charge in [0.1, 0.15) is 6.10 Å². The highest BCUT2D eigenvalue weighted by Crippen LogP contribution is 2.48. The summed E-state index contributed by atoms with van der Waals surface area (Å²) in [4.78, 5) is 22.0. The van der Waals surface area contributed by atoms with Gasteiger partial charge in [0.05, 0.1) is 0 Å². The molecule has 0 aromatic heterocycles. The molecular weight excluding hydrogens is 232 g/mol. The molecule has 4 nitrogen and oxygen atoms in total. The van der Waals surface area contributed by atoms with Crippen molar-refractivity contribution in [2.75, 3.05) is 0 Å². The number of carboxylic acids is 1. The fraction of sp³-hybridized carbons (Fsp3) is 0.857. The summed E-state index contributed by atoms with van der Waals surface area (Å²) < 4.78 is 5.52. The molecule has 0 aliphatic heterocycles. The van der Waals surface area contributed by atoms with Crippen molar-refractivity contribution in [1.82, 2.24) is 0 Å². The first-order valence-electron chi connectivity index (χ1n) is 6.99. The first-order chi connectivity index (χ1) is 8.58. The maximum atomic E-state index is 11.6. The topological polar surface area (TPSA) is 63.6 Å². The van der Waals surface area contributed by atoms with Gasteiger partial charge in [-0.3, -0.25) is 9.59 Å². The van der Waals surface area contributed by atoms with Crippen molar-refractivity contribution in [1.29, 1.82) is 0 Å². The van der Waals surface area contributed by atoms with Gasteiger partial charge in [-0.15, -0.1) is 0 Å². The van der Waals surface area contributed by atoms with Gasteiger partial charge in [-0.2, -0.15) is 0 Å². The van der Waals surface area contributed by atoms with E-state index in [2.05, 4.69) is 6.92 Å². The second-order valence-corrected chi connectivity index (χ2v) is 5.74. The second kappa shape index (κ2) is 5.72. The molecule has 0 aromatic carbocycles. The van der Waals surface area contributed by atoms with E-state index in [-0.39, 0.29) is 24.9 Å². The van der Waals surface area contributed by atoms with Gasteiger partial charge in [0, 0.05) is 12.8 Å². The predicted octanol–water partition coefficient (Wildman–Crippen LogP) is 2.61. The van der Waals surface area contributed by atoms with Crippen LogP contribution in [0, 0.1) is 17.8 Å². The third-order valence-corrected chi connectivity index (χ3v) is 4.55. The molecule has 0 radical (unpaired) electrons. The Balaban J connectivity index is 1.73. The van der Waals surface area contributed by atoms with Gasteiger partial charge < -0.3 is 9.84 Å². The summed E-state index contributed by atoms with van der Waals surface area (Å²) in [5, 5.41) is 8.51. The molecule has 0 aromatic rings. The molecule has 2 fully saturated rings. The Kier molecular flexibility index (Phi) is 4.25. The van der Waals surface area contributed by atoms with Gasteiger partial charge in [-0.05, 0) is 43.4 Å². The molecule has 0 unspecified atom stereocenters. The highest BCUT2D eigenvalue weighted by molar-refractivity contribution is 5.71. The minimum absolute atomic E-state index is 0.0445. The zero-order valence-electron chi connectivity index (χ0n) is 10.9. The lowest BCUT2D eigenvalue weighted by Gasteiger charge is -2.19. The minimum atomic E-state index is -0.853. The average Bonchev–Trinajstić information content (AvgIpc) is 2.83. The van der Waals surface area contributed by atoms with Crippen LogP contribution in [-0.2, 0) is 14.3 Å². The highest BCUT2D eigenvalue weighted by atomic mass is 16.5. The molecule has 102 valence electrons. The first-order valence-corrected chi connectivity index (χ1v) is 6.99. The Morgan fingerprint density at radius 2 is 1.83 bits per heavy atom. The number of carbonyl (C=O) groups excluding carboxylic acids is 1. The lowest BCUT2D eigenvalue weighted by atomic mass is 9.93. The quantitative estimate of drug-likeness (QED) is 0.766. The summed E-state index contributed by atoms with van der Waals surface area (Å²) in [7, 11) is 0. The molecule has 4 heteroatoms. The minimum Gasteiger partial charge on any atom is -0.481 e. The Labute approximate surface area is 108 Å². The smallest absolute Gasteiger partial charge is 0.306 e. The van der Waals surface area contributed by atoms with Gasteiger partial charge in [-0.1, -0.05) is 13.3 Å². The number of carbonyl (C=O) groups is 2. The van der Waals surface area contributed by atoms with E-state index in [1.165, 1.54) is 19.3 Å². The van der Waals surface area contributed by atoms with Crippen molar-refractivity contribution in [2.45, 2.75) is 58.0 Å². The highest BCUT2D eigenvalue weighted by Gasteiger charge is 2.44. The van der Waals surface area contributed by atoms with Crippen molar-refractivity contribution in [2.24, 2.45) is 17.8 Å². The van der Waals surface area contributed by atoms with Crippen LogP contribution in [0.5, 0.6) is 0 Å². The maximum Gasteiger partial charge on any atom is 0.306 e. The van der Waals surface area contributed by atoms with Crippen LogP contribution in [0.2, 0.25) is 0 Å². The summed E-state index contributed by atoms with van der Waals surface area (Å²) in [6.07, 6.45) is 5.35.